The fourth-order valence-electron chi connectivity index (χ4n) is 4.13. The number of rotatable bonds is 11. The van der Waals surface area contributed by atoms with Gasteiger partial charge < -0.3 is 14.8 Å². The second kappa shape index (κ2) is 13.2. The van der Waals surface area contributed by atoms with Crippen LogP contribution in [-0.2, 0) is 16.2 Å². The Morgan fingerprint density at radius 2 is 1.62 bits per heavy atom. The summed E-state index contributed by atoms with van der Waals surface area (Å²) in [5, 5.41) is 9.21. The van der Waals surface area contributed by atoms with Gasteiger partial charge in [-0.3, -0.25) is 9.59 Å². The van der Waals surface area contributed by atoms with E-state index < -0.39 is 0 Å². The minimum Gasteiger partial charge on any atom is -0.490 e. The number of anilines is 1. The first-order valence-electron chi connectivity index (χ1n) is 13.0. The van der Waals surface area contributed by atoms with Crippen LogP contribution in [0, 0.1) is 13.8 Å². The van der Waals surface area contributed by atoms with Crippen molar-refractivity contribution in [3.63, 3.8) is 0 Å². The van der Waals surface area contributed by atoms with Crippen molar-refractivity contribution >= 4 is 34.5 Å². The van der Waals surface area contributed by atoms with Crippen LogP contribution >= 0.6 is 0 Å². The highest BCUT2D eigenvalue weighted by Crippen LogP contribution is 2.30. The SMILES string of the molecule is CCOc1cc(C=NNC(=O)CCC(=O)Nc2cccc(C)c2C)ccc1OCc1cccc2ccccc12. The quantitative estimate of drug-likeness (QED) is 0.178. The molecule has 7 heteroatoms. The van der Waals surface area contributed by atoms with Crippen LogP contribution in [-0.4, -0.2) is 24.6 Å². The molecule has 2 amide bonds. The number of ether oxygens (including phenoxy) is 2. The highest BCUT2D eigenvalue weighted by atomic mass is 16.5. The molecule has 4 aromatic carbocycles. The third-order valence-corrected chi connectivity index (χ3v) is 6.39. The number of hydrazone groups is 1. The Bertz CT molecular complexity index is 1490. The summed E-state index contributed by atoms with van der Waals surface area (Å²) in [7, 11) is 0. The van der Waals surface area contributed by atoms with E-state index in [1.165, 1.54) is 11.6 Å². The van der Waals surface area contributed by atoms with E-state index in [2.05, 4.69) is 40.1 Å². The number of nitrogens with one attached hydrogen (secondary N) is 2. The Kier molecular flexibility index (Phi) is 9.29. The van der Waals surface area contributed by atoms with Gasteiger partial charge in [-0.25, -0.2) is 5.43 Å². The molecular formula is C32H33N3O4. The molecule has 200 valence electrons. The summed E-state index contributed by atoms with van der Waals surface area (Å²) in [6, 6.07) is 25.6. The van der Waals surface area contributed by atoms with Crippen LogP contribution in [0.1, 0.15) is 42.0 Å². The molecule has 0 spiro atoms. The molecule has 4 rings (SSSR count). The van der Waals surface area contributed by atoms with Gasteiger partial charge in [0.25, 0.3) is 0 Å². The van der Waals surface area contributed by atoms with Crippen molar-refractivity contribution in [2.24, 2.45) is 5.10 Å². The molecule has 0 bridgehead atoms. The fourth-order valence-corrected chi connectivity index (χ4v) is 4.13. The van der Waals surface area contributed by atoms with Crippen LogP contribution < -0.4 is 20.2 Å². The van der Waals surface area contributed by atoms with E-state index >= 15 is 0 Å². The summed E-state index contributed by atoms with van der Waals surface area (Å²) < 4.78 is 11.9. The van der Waals surface area contributed by atoms with Gasteiger partial charge in [0.1, 0.15) is 6.61 Å². The molecule has 0 saturated carbocycles. The van der Waals surface area contributed by atoms with Gasteiger partial charge in [0.2, 0.25) is 11.8 Å². The Morgan fingerprint density at radius 1 is 0.846 bits per heavy atom. The smallest absolute Gasteiger partial charge is 0.240 e. The number of benzene rings is 4. The number of carbonyl (C=O) groups is 2. The summed E-state index contributed by atoms with van der Waals surface area (Å²) in [6.45, 7) is 6.73. The maximum absolute atomic E-state index is 12.3. The molecule has 0 atom stereocenters. The lowest BCUT2D eigenvalue weighted by Gasteiger charge is -2.13. The third kappa shape index (κ3) is 7.45. The molecule has 0 fully saturated rings. The van der Waals surface area contributed by atoms with Gasteiger partial charge >= 0.3 is 0 Å². The van der Waals surface area contributed by atoms with E-state index in [-0.39, 0.29) is 24.7 Å². The summed E-state index contributed by atoms with van der Waals surface area (Å²) in [5.41, 5.74) is 7.17. The predicted octanol–water partition coefficient (Wildman–Crippen LogP) is 6.30. The molecule has 0 aliphatic heterocycles. The number of hydrogen-bond acceptors (Lipinski definition) is 5. The van der Waals surface area contributed by atoms with Gasteiger partial charge in [0.05, 0.1) is 12.8 Å². The minimum atomic E-state index is -0.345. The van der Waals surface area contributed by atoms with Crippen LogP contribution in [0.4, 0.5) is 5.69 Å². The summed E-state index contributed by atoms with van der Waals surface area (Å²) in [6.07, 6.45) is 1.62. The Balaban J connectivity index is 1.31. The molecule has 0 saturated heterocycles. The van der Waals surface area contributed by atoms with Crippen molar-refractivity contribution in [3.8, 4) is 11.5 Å². The van der Waals surface area contributed by atoms with Crippen molar-refractivity contribution in [3.05, 3.63) is 101 Å². The maximum Gasteiger partial charge on any atom is 0.240 e. The summed E-state index contributed by atoms with van der Waals surface area (Å²) >= 11 is 0. The van der Waals surface area contributed by atoms with Gasteiger partial charge in [-0.05, 0) is 78.1 Å². The number of nitrogens with zero attached hydrogens (tertiary/aromatic N) is 1. The summed E-state index contributed by atoms with van der Waals surface area (Å²) in [5.74, 6) is 0.655. The van der Waals surface area contributed by atoms with Crippen LogP contribution in [0.25, 0.3) is 10.8 Å². The monoisotopic (exact) mass is 523 g/mol. The molecule has 0 aliphatic carbocycles. The van der Waals surface area contributed by atoms with Crippen LogP contribution in [0.15, 0.2) is 84.0 Å². The van der Waals surface area contributed by atoms with Gasteiger partial charge in [-0.1, -0.05) is 54.6 Å². The lowest BCUT2D eigenvalue weighted by molar-refractivity contribution is -0.124. The van der Waals surface area contributed by atoms with Crippen molar-refractivity contribution in [2.75, 3.05) is 11.9 Å². The van der Waals surface area contributed by atoms with Crippen molar-refractivity contribution in [1.29, 1.82) is 0 Å². The van der Waals surface area contributed by atoms with Crippen LogP contribution in [0.3, 0.4) is 0 Å². The number of hydrogen-bond donors (Lipinski definition) is 2. The van der Waals surface area contributed by atoms with Crippen LogP contribution in [0.2, 0.25) is 0 Å². The fraction of sp³-hybridized carbons (Fsp3) is 0.219. The zero-order valence-electron chi connectivity index (χ0n) is 22.5. The standard InChI is InChI=1S/C32H33N3O4/c1-4-38-30-19-24(15-16-29(30)39-21-26-12-8-11-25-10-5-6-13-27(25)26)20-33-35-32(37)18-17-31(36)34-28-14-7-9-22(2)23(28)3/h5-16,19-20H,4,17-18,21H2,1-3H3,(H,34,36)(H,35,37). The normalized spacial score (nSPS) is 10.9. The molecule has 0 aliphatic rings. The highest BCUT2D eigenvalue weighted by Gasteiger charge is 2.10. The zero-order chi connectivity index (χ0) is 27.6. The minimum absolute atomic E-state index is 0.0270. The Labute approximate surface area is 228 Å². The van der Waals surface area contributed by atoms with Crippen molar-refractivity contribution in [1.82, 2.24) is 5.43 Å². The lowest BCUT2D eigenvalue weighted by Crippen LogP contribution is -2.21. The van der Waals surface area contributed by atoms with E-state index in [0.29, 0.717) is 24.7 Å². The molecule has 2 N–H and O–H groups in total. The Morgan fingerprint density at radius 3 is 2.46 bits per heavy atom. The average Bonchev–Trinajstić information content (AvgIpc) is 2.94. The second-order valence-corrected chi connectivity index (χ2v) is 9.15. The first kappa shape index (κ1) is 27.4. The molecule has 0 radical (unpaired) electrons. The number of aryl methyl sites for hydroxylation is 1. The van der Waals surface area contributed by atoms with E-state index in [1.807, 2.05) is 75.4 Å². The third-order valence-electron chi connectivity index (χ3n) is 6.39. The molecule has 0 aromatic heterocycles. The number of amides is 2. The largest absolute Gasteiger partial charge is 0.490 e. The molecule has 0 heterocycles. The van der Waals surface area contributed by atoms with E-state index in [9.17, 15) is 9.59 Å². The van der Waals surface area contributed by atoms with Crippen LogP contribution in [0.5, 0.6) is 11.5 Å². The van der Waals surface area contributed by atoms with Crippen molar-refractivity contribution < 1.29 is 19.1 Å². The second-order valence-electron chi connectivity index (χ2n) is 9.15. The molecule has 0 unspecified atom stereocenters. The van der Waals surface area contributed by atoms with E-state index in [4.69, 9.17) is 9.47 Å². The van der Waals surface area contributed by atoms with Gasteiger partial charge in [0, 0.05) is 18.5 Å². The molecule has 7 nitrogen and oxygen atoms in total. The maximum atomic E-state index is 12.3. The first-order chi connectivity index (χ1) is 18.9. The number of fused-ring (bicyclic) bond motifs is 1. The molecule has 39 heavy (non-hydrogen) atoms. The Hall–Kier alpha value is -4.65. The van der Waals surface area contributed by atoms with Crippen molar-refractivity contribution in [2.45, 2.75) is 40.2 Å². The highest BCUT2D eigenvalue weighted by molar-refractivity contribution is 5.94. The zero-order valence-corrected chi connectivity index (χ0v) is 22.5. The van der Waals surface area contributed by atoms with E-state index in [1.54, 1.807) is 0 Å². The predicted molar refractivity (Wildman–Crippen MR) is 155 cm³/mol. The lowest BCUT2D eigenvalue weighted by atomic mass is 10.1. The van der Waals surface area contributed by atoms with E-state index in [0.717, 1.165) is 33.3 Å². The summed E-state index contributed by atoms with van der Waals surface area (Å²) in [4.78, 5) is 24.5. The molecule has 4 aromatic rings. The van der Waals surface area contributed by atoms with Gasteiger partial charge in [-0.2, -0.15) is 5.10 Å². The first-order valence-corrected chi connectivity index (χ1v) is 13.0. The molecular weight excluding hydrogens is 490 g/mol. The average molecular weight is 524 g/mol. The topological polar surface area (TPSA) is 89.0 Å². The van der Waals surface area contributed by atoms with Gasteiger partial charge in [-0.15, -0.1) is 0 Å². The van der Waals surface area contributed by atoms with Gasteiger partial charge in [0.15, 0.2) is 11.5 Å². The number of carbonyl (C=O) groups excluding carboxylic acids is 2.